The average Bonchev–Trinajstić information content (AvgIpc) is 2.62. The lowest BCUT2D eigenvalue weighted by molar-refractivity contribution is -0.148. The lowest BCUT2D eigenvalue weighted by Crippen LogP contribution is -2.57. The molecular weight excluding hydrogens is 264 g/mol. The summed E-state index contributed by atoms with van der Waals surface area (Å²) in [6.07, 6.45) is 10.1. The summed E-state index contributed by atoms with van der Waals surface area (Å²) in [7, 11) is 0. The predicted molar refractivity (Wildman–Crippen MR) is 79.4 cm³/mol. The molecule has 0 spiro atoms. The van der Waals surface area contributed by atoms with E-state index in [9.17, 15) is 9.59 Å². The maximum Gasteiger partial charge on any atom is 0.242 e. The molecule has 0 aromatic rings. The second-order valence-electron chi connectivity index (χ2n) is 8.01. The van der Waals surface area contributed by atoms with Gasteiger partial charge >= 0.3 is 0 Å². The zero-order valence-electron chi connectivity index (χ0n) is 12.7. The molecule has 21 heavy (non-hydrogen) atoms. The van der Waals surface area contributed by atoms with Crippen LogP contribution in [0.25, 0.3) is 0 Å². The van der Waals surface area contributed by atoms with E-state index in [1.807, 2.05) is 0 Å². The van der Waals surface area contributed by atoms with Crippen LogP contribution in [0, 0.1) is 23.2 Å². The first-order valence-corrected chi connectivity index (χ1v) is 8.73. The van der Waals surface area contributed by atoms with E-state index in [4.69, 9.17) is 0 Å². The second-order valence-corrected chi connectivity index (χ2v) is 8.01. The van der Waals surface area contributed by atoms with Crippen molar-refractivity contribution in [2.24, 2.45) is 23.2 Å². The van der Waals surface area contributed by atoms with Gasteiger partial charge in [-0.1, -0.05) is 0 Å². The molecule has 1 aliphatic heterocycles. The molecule has 0 radical (unpaired) electrons. The third-order valence-corrected chi connectivity index (χ3v) is 6.36. The summed E-state index contributed by atoms with van der Waals surface area (Å²) in [6.45, 7) is 0.753. The van der Waals surface area contributed by atoms with Crippen molar-refractivity contribution in [2.75, 3.05) is 6.54 Å². The molecule has 0 aromatic heterocycles. The summed E-state index contributed by atoms with van der Waals surface area (Å²) in [5.41, 5.74) is -0.138. The molecule has 4 aliphatic carbocycles. The van der Waals surface area contributed by atoms with E-state index < -0.39 is 0 Å². The molecule has 1 saturated heterocycles. The third kappa shape index (κ3) is 2.36. The summed E-state index contributed by atoms with van der Waals surface area (Å²) in [4.78, 5) is 25.0. The van der Waals surface area contributed by atoms with Gasteiger partial charge in [-0.05, 0) is 75.5 Å². The van der Waals surface area contributed by atoms with E-state index in [1.165, 1.54) is 19.3 Å². The Labute approximate surface area is 126 Å². The van der Waals surface area contributed by atoms with Crippen molar-refractivity contribution in [3.8, 4) is 0 Å². The molecule has 0 aromatic carbocycles. The Morgan fingerprint density at radius 2 is 1.67 bits per heavy atom. The Morgan fingerprint density at radius 3 is 2.29 bits per heavy atom. The average molecular weight is 290 g/mol. The molecule has 5 aliphatic rings. The molecule has 2 amide bonds. The summed E-state index contributed by atoms with van der Waals surface area (Å²) >= 11 is 0. The van der Waals surface area contributed by atoms with E-state index in [0.29, 0.717) is 0 Å². The standard InChI is InChI=1S/C17H26N2O2/c20-15-14(3-1-2-4-18-15)19-16(21)17-8-11-5-12(9-17)7-13(6-11)10-17/h11-14H,1-10H2,(H,18,20)(H,19,21). The minimum absolute atomic E-state index is 0.0191. The molecule has 4 heteroatoms. The van der Waals surface area contributed by atoms with Gasteiger partial charge in [-0.3, -0.25) is 9.59 Å². The van der Waals surface area contributed by atoms with Gasteiger partial charge in [-0.25, -0.2) is 0 Å². The Bertz CT molecular complexity index is 424. The zero-order chi connectivity index (χ0) is 14.4. The maximum absolute atomic E-state index is 12.9. The third-order valence-electron chi connectivity index (χ3n) is 6.36. The van der Waals surface area contributed by atoms with Gasteiger partial charge in [-0.15, -0.1) is 0 Å². The van der Waals surface area contributed by atoms with Crippen LogP contribution in [0.1, 0.15) is 57.8 Å². The van der Waals surface area contributed by atoms with Gasteiger partial charge in [0.25, 0.3) is 0 Å². The molecule has 1 heterocycles. The SMILES string of the molecule is O=C1NCCCCC1NC(=O)C12CC3CC(CC(C3)C1)C2. The van der Waals surface area contributed by atoms with Crippen molar-refractivity contribution in [1.29, 1.82) is 0 Å². The number of amides is 2. The van der Waals surface area contributed by atoms with Crippen LogP contribution in [0.15, 0.2) is 0 Å². The minimum Gasteiger partial charge on any atom is -0.354 e. The predicted octanol–water partition coefficient (Wildman–Crippen LogP) is 1.99. The summed E-state index contributed by atoms with van der Waals surface area (Å²) in [5, 5.41) is 6.03. The van der Waals surface area contributed by atoms with E-state index in [0.717, 1.165) is 62.8 Å². The quantitative estimate of drug-likeness (QED) is 0.817. The fourth-order valence-corrected chi connectivity index (χ4v) is 5.78. The molecule has 116 valence electrons. The number of carbonyl (C=O) groups excluding carboxylic acids is 2. The van der Waals surface area contributed by atoms with Crippen LogP contribution in [-0.2, 0) is 9.59 Å². The largest absolute Gasteiger partial charge is 0.354 e. The highest BCUT2D eigenvalue weighted by Gasteiger charge is 2.54. The molecule has 4 bridgehead atoms. The number of rotatable bonds is 2. The molecular formula is C17H26N2O2. The van der Waals surface area contributed by atoms with Crippen molar-refractivity contribution >= 4 is 11.8 Å². The number of nitrogens with one attached hydrogen (secondary N) is 2. The van der Waals surface area contributed by atoms with Gasteiger partial charge in [0, 0.05) is 12.0 Å². The van der Waals surface area contributed by atoms with Crippen LogP contribution >= 0.6 is 0 Å². The van der Waals surface area contributed by atoms with Crippen molar-refractivity contribution < 1.29 is 9.59 Å². The minimum atomic E-state index is -0.298. The highest BCUT2D eigenvalue weighted by atomic mass is 16.2. The lowest BCUT2D eigenvalue weighted by Gasteiger charge is -2.55. The van der Waals surface area contributed by atoms with Crippen LogP contribution in [-0.4, -0.2) is 24.4 Å². The highest BCUT2D eigenvalue weighted by molar-refractivity contribution is 5.90. The first-order valence-electron chi connectivity index (χ1n) is 8.73. The first-order chi connectivity index (χ1) is 10.1. The molecule has 2 N–H and O–H groups in total. The van der Waals surface area contributed by atoms with Gasteiger partial charge in [0.15, 0.2) is 0 Å². The monoisotopic (exact) mass is 290 g/mol. The van der Waals surface area contributed by atoms with Crippen molar-refractivity contribution in [3.05, 3.63) is 0 Å². The van der Waals surface area contributed by atoms with E-state index in [-0.39, 0.29) is 23.3 Å². The second kappa shape index (κ2) is 4.99. The fraction of sp³-hybridized carbons (Fsp3) is 0.882. The van der Waals surface area contributed by atoms with Crippen LogP contribution in [0.2, 0.25) is 0 Å². The van der Waals surface area contributed by atoms with Crippen LogP contribution in [0.5, 0.6) is 0 Å². The Morgan fingerprint density at radius 1 is 1.05 bits per heavy atom. The first kappa shape index (κ1) is 13.6. The molecule has 4 saturated carbocycles. The van der Waals surface area contributed by atoms with Crippen LogP contribution in [0.4, 0.5) is 0 Å². The summed E-state index contributed by atoms with van der Waals surface area (Å²) in [6, 6.07) is -0.298. The van der Waals surface area contributed by atoms with Crippen molar-refractivity contribution in [3.63, 3.8) is 0 Å². The van der Waals surface area contributed by atoms with Gasteiger partial charge in [-0.2, -0.15) is 0 Å². The summed E-state index contributed by atoms with van der Waals surface area (Å²) in [5.74, 6) is 2.51. The number of hydrogen-bond donors (Lipinski definition) is 2. The smallest absolute Gasteiger partial charge is 0.242 e. The summed E-state index contributed by atoms with van der Waals surface area (Å²) < 4.78 is 0. The van der Waals surface area contributed by atoms with E-state index in [2.05, 4.69) is 10.6 Å². The van der Waals surface area contributed by atoms with E-state index >= 15 is 0 Å². The van der Waals surface area contributed by atoms with Crippen LogP contribution < -0.4 is 10.6 Å². The molecule has 5 rings (SSSR count). The molecule has 1 unspecified atom stereocenters. The van der Waals surface area contributed by atoms with Gasteiger partial charge in [0.1, 0.15) is 6.04 Å². The Balaban J connectivity index is 1.48. The fourth-order valence-electron chi connectivity index (χ4n) is 5.78. The maximum atomic E-state index is 12.9. The molecule has 5 fully saturated rings. The Kier molecular flexibility index (Phi) is 3.23. The van der Waals surface area contributed by atoms with Gasteiger partial charge < -0.3 is 10.6 Å². The Hall–Kier alpha value is -1.06. The van der Waals surface area contributed by atoms with Crippen molar-refractivity contribution in [2.45, 2.75) is 63.8 Å². The molecule has 4 nitrogen and oxygen atoms in total. The topological polar surface area (TPSA) is 58.2 Å². The number of hydrogen-bond acceptors (Lipinski definition) is 2. The normalized spacial score (nSPS) is 45.0. The van der Waals surface area contributed by atoms with Gasteiger partial charge in [0.05, 0.1) is 0 Å². The van der Waals surface area contributed by atoms with Gasteiger partial charge in [0.2, 0.25) is 11.8 Å². The zero-order valence-corrected chi connectivity index (χ0v) is 12.7. The highest BCUT2D eigenvalue weighted by Crippen LogP contribution is 2.60. The molecule has 1 atom stereocenters. The number of carbonyl (C=O) groups is 2. The lowest BCUT2D eigenvalue weighted by atomic mass is 9.49. The van der Waals surface area contributed by atoms with Crippen molar-refractivity contribution in [1.82, 2.24) is 10.6 Å². The van der Waals surface area contributed by atoms with E-state index in [1.54, 1.807) is 0 Å². The van der Waals surface area contributed by atoms with Crippen LogP contribution in [0.3, 0.4) is 0 Å².